The number of benzene rings is 2. The average Bonchev–Trinajstić information content (AvgIpc) is 3.49. The molecule has 1 aromatic heterocycles. The zero-order valence-electron chi connectivity index (χ0n) is 23.0. The second-order valence-electron chi connectivity index (χ2n) is 10.2. The standard InChI is InChI=1S/C28H36N6O5S/c1-38-26-16-24-25(17-27(26)39-15-3-4-21-9-10-29-18-21)30-19-31-28(24)32-11-13-33(14-12-32)34(20-35)22-5-7-23(8-6-22)40(2,36)37/h5-8,16-17,19-21,29H,3-4,9-15,18H2,1-2H3. The summed E-state index contributed by atoms with van der Waals surface area (Å²) in [6.07, 6.45) is 6.85. The van der Waals surface area contributed by atoms with Crippen molar-refractivity contribution >= 4 is 38.7 Å². The Bertz CT molecular complexity index is 1420. The van der Waals surface area contributed by atoms with Gasteiger partial charge in [0.05, 0.1) is 29.8 Å². The fraction of sp³-hybridized carbons (Fsp3) is 0.464. The number of hydrogen-bond donors (Lipinski definition) is 1. The predicted molar refractivity (Wildman–Crippen MR) is 154 cm³/mol. The van der Waals surface area contributed by atoms with E-state index in [9.17, 15) is 13.2 Å². The van der Waals surface area contributed by atoms with E-state index in [1.807, 2.05) is 17.1 Å². The van der Waals surface area contributed by atoms with E-state index in [4.69, 9.17) is 9.47 Å². The normalized spacial score (nSPS) is 18.1. The van der Waals surface area contributed by atoms with Gasteiger partial charge in [0, 0.05) is 43.9 Å². The van der Waals surface area contributed by atoms with E-state index < -0.39 is 9.84 Å². The molecule has 1 atom stereocenters. The van der Waals surface area contributed by atoms with Crippen LogP contribution in [0.15, 0.2) is 47.6 Å². The van der Waals surface area contributed by atoms with Crippen molar-refractivity contribution in [1.29, 1.82) is 0 Å². The van der Waals surface area contributed by atoms with Crippen molar-refractivity contribution in [2.75, 3.05) is 69.1 Å². The van der Waals surface area contributed by atoms with Gasteiger partial charge >= 0.3 is 0 Å². The molecule has 1 amide bonds. The summed E-state index contributed by atoms with van der Waals surface area (Å²) in [5.74, 6) is 2.86. The number of nitrogens with one attached hydrogen (secondary N) is 1. The molecule has 0 aliphatic carbocycles. The molecule has 2 aliphatic heterocycles. The molecule has 214 valence electrons. The molecule has 0 spiro atoms. The van der Waals surface area contributed by atoms with Crippen LogP contribution in [0.2, 0.25) is 0 Å². The minimum Gasteiger partial charge on any atom is -0.493 e. The summed E-state index contributed by atoms with van der Waals surface area (Å²) in [6.45, 7) is 5.25. The van der Waals surface area contributed by atoms with Gasteiger partial charge in [0.1, 0.15) is 12.1 Å². The van der Waals surface area contributed by atoms with E-state index in [1.165, 1.54) is 23.6 Å². The summed E-state index contributed by atoms with van der Waals surface area (Å²) in [5.41, 5.74) is 1.39. The summed E-state index contributed by atoms with van der Waals surface area (Å²) in [6, 6.07) is 10.2. The van der Waals surface area contributed by atoms with Gasteiger partial charge in [0.25, 0.3) is 0 Å². The van der Waals surface area contributed by atoms with E-state index in [1.54, 1.807) is 25.6 Å². The molecule has 0 saturated carbocycles. The lowest BCUT2D eigenvalue weighted by Crippen LogP contribution is -2.54. The zero-order valence-corrected chi connectivity index (χ0v) is 23.8. The molecule has 1 unspecified atom stereocenters. The molecular formula is C28H36N6O5S. The largest absolute Gasteiger partial charge is 0.493 e. The van der Waals surface area contributed by atoms with Gasteiger partial charge in [-0.1, -0.05) is 0 Å². The minimum absolute atomic E-state index is 0.216. The van der Waals surface area contributed by atoms with Crippen LogP contribution in [0.4, 0.5) is 11.5 Å². The Balaban J connectivity index is 1.26. The summed E-state index contributed by atoms with van der Waals surface area (Å²) >= 11 is 0. The van der Waals surface area contributed by atoms with Gasteiger partial charge in [0.15, 0.2) is 21.3 Å². The molecule has 1 N–H and O–H groups in total. The van der Waals surface area contributed by atoms with Gasteiger partial charge in [-0.25, -0.2) is 28.4 Å². The number of sulfone groups is 1. The van der Waals surface area contributed by atoms with E-state index >= 15 is 0 Å². The maximum atomic E-state index is 12.0. The molecule has 2 fully saturated rings. The topological polar surface area (TPSA) is 117 Å². The number of anilines is 2. The number of methoxy groups -OCH3 is 1. The van der Waals surface area contributed by atoms with Crippen LogP contribution in [0.1, 0.15) is 19.3 Å². The second-order valence-corrected chi connectivity index (χ2v) is 12.2. The Morgan fingerprint density at radius 3 is 2.52 bits per heavy atom. The van der Waals surface area contributed by atoms with E-state index in [0.717, 1.165) is 61.2 Å². The molecule has 40 heavy (non-hydrogen) atoms. The van der Waals surface area contributed by atoms with Crippen LogP contribution in [0.25, 0.3) is 10.9 Å². The van der Waals surface area contributed by atoms with Gasteiger partial charge in [0.2, 0.25) is 6.41 Å². The summed E-state index contributed by atoms with van der Waals surface area (Å²) < 4.78 is 35.3. The Kier molecular flexibility index (Phi) is 8.67. The van der Waals surface area contributed by atoms with Crippen LogP contribution < -0.4 is 24.7 Å². The first-order chi connectivity index (χ1) is 19.4. The van der Waals surface area contributed by atoms with E-state index in [0.29, 0.717) is 50.0 Å². The van der Waals surface area contributed by atoms with Gasteiger partial charge in [-0.2, -0.15) is 0 Å². The number of carbonyl (C=O) groups is 1. The van der Waals surface area contributed by atoms with Crippen LogP contribution in [0.5, 0.6) is 11.5 Å². The van der Waals surface area contributed by atoms with Crippen molar-refractivity contribution in [3.05, 3.63) is 42.7 Å². The third kappa shape index (κ3) is 6.29. The first kappa shape index (κ1) is 28.1. The summed E-state index contributed by atoms with van der Waals surface area (Å²) in [5, 5.41) is 7.75. The molecule has 3 aromatic rings. The number of rotatable bonds is 11. The molecule has 2 aliphatic rings. The van der Waals surface area contributed by atoms with E-state index in [-0.39, 0.29) is 4.90 Å². The number of hydrogen-bond acceptors (Lipinski definition) is 10. The number of hydrazine groups is 1. The van der Waals surface area contributed by atoms with Gasteiger partial charge in [-0.3, -0.25) is 4.79 Å². The highest BCUT2D eigenvalue weighted by Crippen LogP contribution is 2.35. The fourth-order valence-electron chi connectivity index (χ4n) is 5.35. The lowest BCUT2D eigenvalue weighted by atomic mass is 10.0. The van der Waals surface area contributed by atoms with E-state index in [2.05, 4.69) is 20.2 Å². The third-order valence-electron chi connectivity index (χ3n) is 7.57. The molecule has 5 rings (SSSR count). The molecule has 11 nitrogen and oxygen atoms in total. The highest BCUT2D eigenvalue weighted by Gasteiger charge is 2.25. The van der Waals surface area contributed by atoms with Crippen molar-refractivity contribution in [2.45, 2.75) is 24.2 Å². The number of carbonyl (C=O) groups excluding carboxylic acids is 1. The van der Waals surface area contributed by atoms with Gasteiger partial charge < -0.3 is 19.7 Å². The van der Waals surface area contributed by atoms with Crippen molar-refractivity contribution < 1.29 is 22.7 Å². The lowest BCUT2D eigenvalue weighted by molar-refractivity contribution is -0.110. The fourth-order valence-corrected chi connectivity index (χ4v) is 5.98. The molecular weight excluding hydrogens is 532 g/mol. The molecule has 12 heteroatoms. The second kappa shape index (κ2) is 12.4. The summed E-state index contributed by atoms with van der Waals surface area (Å²) in [4.78, 5) is 23.5. The number of fused-ring (bicyclic) bond motifs is 1. The first-order valence-corrected chi connectivity index (χ1v) is 15.5. The van der Waals surface area contributed by atoms with Gasteiger partial charge in [-0.15, -0.1) is 0 Å². The molecule has 2 saturated heterocycles. The molecule has 2 aromatic carbocycles. The maximum Gasteiger partial charge on any atom is 0.228 e. The SMILES string of the molecule is COc1cc2c(N3CCN(N(C=O)c4ccc(S(C)(=O)=O)cc4)CC3)ncnc2cc1OCCCC1CCNC1. The highest BCUT2D eigenvalue weighted by atomic mass is 32.2. The number of aromatic nitrogens is 2. The van der Waals surface area contributed by atoms with Crippen LogP contribution in [0.3, 0.4) is 0 Å². The van der Waals surface area contributed by atoms with Gasteiger partial charge in [-0.05, 0) is 68.6 Å². The third-order valence-corrected chi connectivity index (χ3v) is 8.69. The highest BCUT2D eigenvalue weighted by molar-refractivity contribution is 7.90. The van der Waals surface area contributed by atoms with Crippen LogP contribution in [-0.2, 0) is 14.6 Å². The molecule has 0 bridgehead atoms. The maximum absolute atomic E-state index is 12.0. The van der Waals surface area contributed by atoms with Crippen LogP contribution >= 0.6 is 0 Å². The smallest absolute Gasteiger partial charge is 0.228 e. The molecule has 3 heterocycles. The van der Waals surface area contributed by atoms with Crippen LogP contribution in [-0.4, -0.2) is 89.0 Å². The monoisotopic (exact) mass is 568 g/mol. The average molecular weight is 569 g/mol. The zero-order chi connectivity index (χ0) is 28.1. The Morgan fingerprint density at radius 1 is 1.10 bits per heavy atom. The Morgan fingerprint density at radius 2 is 1.88 bits per heavy atom. The summed E-state index contributed by atoms with van der Waals surface area (Å²) in [7, 11) is -1.67. The number of nitrogens with zero attached hydrogens (tertiary/aromatic N) is 5. The van der Waals surface area contributed by atoms with Crippen LogP contribution in [0, 0.1) is 5.92 Å². The predicted octanol–water partition coefficient (Wildman–Crippen LogP) is 2.51. The van der Waals surface area contributed by atoms with Crippen molar-refractivity contribution in [3.8, 4) is 11.5 Å². The van der Waals surface area contributed by atoms with Crippen molar-refractivity contribution in [2.24, 2.45) is 5.92 Å². The number of amides is 1. The number of piperazine rings is 1. The lowest BCUT2D eigenvalue weighted by Gasteiger charge is -2.40. The Hall–Kier alpha value is -3.48. The Labute approximate surface area is 235 Å². The number of ether oxygens (including phenoxy) is 2. The molecule has 0 radical (unpaired) electrons. The quantitative estimate of drug-likeness (QED) is 0.273. The van der Waals surface area contributed by atoms with Crippen molar-refractivity contribution in [1.82, 2.24) is 20.3 Å². The first-order valence-electron chi connectivity index (χ1n) is 13.6. The minimum atomic E-state index is -3.31. The van der Waals surface area contributed by atoms with Crippen molar-refractivity contribution in [3.63, 3.8) is 0 Å².